The van der Waals surface area contributed by atoms with Crippen LogP contribution in [-0.4, -0.2) is 89.2 Å². The lowest BCUT2D eigenvalue weighted by molar-refractivity contribution is 0.0982. The van der Waals surface area contributed by atoms with E-state index < -0.39 is 0 Å². The number of aromatic amines is 1. The zero-order valence-electron chi connectivity index (χ0n) is 19.9. The van der Waals surface area contributed by atoms with Gasteiger partial charge in [0.15, 0.2) is 5.75 Å². The SMILES string of the molecule is COc1cnc2[nH]c3cnc(-c4cccnc4)cc3c2c1N1CCC(N2CCN(C)CC2)CC1. The Bertz CT molecular complexity index is 1290. The summed E-state index contributed by atoms with van der Waals surface area (Å²) >= 11 is 0. The molecule has 1 N–H and O–H groups in total. The van der Waals surface area contributed by atoms with E-state index in [0.717, 1.165) is 57.7 Å². The number of pyridine rings is 3. The van der Waals surface area contributed by atoms with E-state index >= 15 is 0 Å². The fourth-order valence-electron chi connectivity index (χ4n) is 5.50. The number of fused-ring (bicyclic) bond motifs is 3. The minimum atomic E-state index is 0.664. The molecule has 8 heteroatoms. The van der Waals surface area contributed by atoms with Gasteiger partial charge in [0.2, 0.25) is 0 Å². The predicted octanol–water partition coefficient (Wildman–Crippen LogP) is 3.40. The van der Waals surface area contributed by atoms with Gasteiger partial charge in [0, 0.05) is 68.7 Å². The second-order valence-electron chi connectivity index (χ2n) is 9.44. The molecule has 0 spiro atoms. The number of piperidine rings is 1. The molecule has 2 aliphatic heterocycles. The van der Waals surface area contributed by atoms with Crippen molar-refractivity contribution in [3.8, 4) is 17.0 Å². The van der Waals surface area contributed by atoms with Crippen LogP contribution in [0.5, 0.6) is 5.75 Å². The van der Waals surface area contributed by atoms with Gasteiger partial charge in [-0.05, 0) is 38.1 Å². The number of anilines is 1. The van der Waals surface area contributed by atoms with Crippen LogP contribution in [0.4, 0.5) is 5.69 Å². The largest absolute Gasteiger partial charge is 0.493 e. The Hall–Kier alpha value is -3.23. The van der Waals surface area contributed by atoms with Crippen molar-refractivity contribution in [2.75, 3.05) is 58.3 Å². The van der Waals surface area contributed by atoms with Crippen LogP contribution in [0.25, 0.3) is 33.2 Å². The standard InChI is InChI=1S/C26H31N7O/c1-31-10-12-32(13-11-31)19-5-8-33(9-6-19)25-23(34-2)17-29-26-24(25)20-14-21(28-16-22(20)30-26)18-4-3-7-27-15-18/h3-4,7,14-17,19H,5-6,8-13H2,1-2H3,(H,29,30). The first-order valence-electron chi connectivity index (χ1n) is 12.1. The summed E-state index contributed by atoms with van der Waals surface area (Å²) in [4.78, 5) is 24.7. The highest BCUT2D eigenvalue weighted by atomic mass is 16.5. The van der Waals surface area contributed by atoms with E-state index in [-0.39, 0.29) is 0 Å². The van der Waals surface area contributed by atoms with Crippen molar-refractivity contribution in [1.82, 2.24) is 29.7 Å². The molecule has 0 radical (unpaired) electrons. The maximum Gasteiger partial charge on any atom is 0.161 e. The minimum absolute atomic E-state index is 0.664. The van der Waals surface area contributed by atoms with E-state index in [2.05, 4.69) is 47.7 Å². The third kappa shape index (κ3) is 3.76. The first-order valence-corrected chi connectivity index (χ1v) is 12.1. The lowest BCUT2D eigenvalue weighted by Gasteiger charge is -2.42. The van der Waals surface area contributed by atoms with Gasteiger partial charge in [-0.25, -0.2) is 4.98 Å². The lowest BCUT2D eigenvalue weighted by atomic mass is 10.0. The van der Waals surface area contributed by atoms with Gasteiger partial charge in [0.25, 0.3) is 0 Å². The third-order valence-electron chi connectivity index (χ3n) is 7.46. The van der Waals surface area contributed by atoms with Crippen molar-refractivity contribution in [3.05, 3.63) is 43.0 Å². The van der Waals surface area contributed by atoms with E-state index in [9.17, 15) is 0 Å². The maximum absolute atomic E-state index is 5.84. The van der Waals surface area contributed by atoms with Gasteiger partial charge in [-0.2, -0.15) is 0 Å². The van der Waals surface area contributed by atoms with Gasteiger partial charge < -0.3 is 19.5 Å². The summed E-state index contributed by atoms with van der Waals surface area (Å²) < 4.78 is 5.84. The van der Waals surface area contributed by atoms with Crippen LogP contribution < -0.4 is 9.64 Å². The molecule has 0 saturated carbocycles. The van der Waals surface area contributed by atoms with Crippen LogP contribution in [0.15, 0.2) is 43.0 Å². The third-order valence-corrected chi connectivity index (χ3v) is 7.46. The zero-order valence-corrected chi connectivity index (χ0v) is 19.9. The predicted molar refractivity (Wildman–Crippen MR) is 135 cm³/mol. The molecule has 2 aliphatic rings. The molecule has 0 amide bonds. The van der Waals surface area contributed by atoms with Crippen molar-refractivity contribution in [1.29, 1.82) is 0 Å². The van der Waals surface area contributed by atoms with Crippen LogP contribution in [0.2, 0.25) is 0 Å². The van der Waals surface area contributed by atoms with Crippen molar-refractivity contribution in [2.24, 2.45) is 0 Å². The molecule has 0 aromatic carbocycles. The normalized spacial score (nSPS) is 18.7. The number of H-pyrrole nitrogens is 1. The van der Waals surface area contributed by atoms with Crippen LogP contribution in [0, 0.1) is 0 Å². The van der Waals surface area contributed by atoms with Crippen molar-refractivity contribution < 1.29 is 4.74 Å². The number of rotatable bonds is 4. The number of piperazine rings is 1. The molecule has 0 unspecified atom stereocenters. The van der Waals surface area contributed by atoms with Crippen LogP contribution >= 0.6 is 0 Å². The molecule has 4 aromatic heterocycles. The fourth-order valence-corrected chi connectivity index (χ4v) is 5.50. The number of methoxy groups -OCH3 is 1. The number of hydrogen-bond acceptors (Lipinski definition) is 7. The van der Waals surface area contributed by atoms with Gasteiger partial charge in [-0.3, -0.25) is 14.9 Å². The Balaban J connectivity index is 1.36. The van der Waals surface area contributed by atoms with Crippen molar-refractivity contribution in [3.63, 3.8) is 0 Å². The average Bonchev–Trinajstić information content (AvgIpc) is 3.27. The van der Waals surface area contributed by atoms with Gasteiger partial charge >= 0.3 is 0 Å². The molecule has 0 atom stereocenters. The highest BCUT2D eigenvalue weighted by molar-refractivity contribution is 6.14. The number of likely N-dealkylation sites (N-methyl/N-ethyl adjacent to an activating group) is 1. The zero-order chi connectivity index (χ0) is 23.1. The van der Waals surface area contributed by atoms with Crippen molar-refractivity contribution in [2.45, 2.75) is 18.9 Å². The summed E-state index contributed by atoms with van der Waals surface area (Å²) in [6, 6.07) is 6.79. The maximum atomic E-state index is 5.84. The van der Waals surface area contributed by atoms with Gasteiger partial charge in [-0.1, -0.05) is 0 Å². The Kier molecular flexibility index (Phi) is 5.55. The molecule has 2 fully saturated rings. The molecule has 6 rings (SSSR count). The first kappa shape index (κ1) is 21.3. The molecule has 34 heavy (non-hydrogen) atoms. The monoisotopic (exact) mass is 457 g/mol. The Morgan fingerprint density at radius 2 is 1.82 bits per heavy atom. The fraction of sp³-hybridized carbons (Fsp3) is 0.423. The molecular formula is C26H31N7O. The first-order chi connectivity index (χ1) is 16.7. The Morgan fingerprint density at radius 3 is 2.56 bits per heavy atom. The number of nitrogens with one attached hydrogen (secondary N) is 1. The molecule has 2 saturated heterocycles. The van der Waals surface area contributed by atoms with Gasteiger partial charge in [0.05, 0.1) is 41.8 Å². The molecular weight excluding hydrogens is 426 g/mol. The van der Waals surface area contributed by atoms with Crippen molar-refractivity contribution >= 4 is 27.6 Å². The Morgan fingerprint density at radius 1 is 1.00 bits per heavy atom. The summed E-state index contributed by atoms with van der Waals surface area (Å²) in [6.07, 6.45) is 9.71. The van der Waals surface area contributed by atoms with E-state index in [1.165, 1.54) is 39.0 Å². The van der Waals surface area contributed by atoms with E-state index in [1.807, 2.05) is 30.7 Å². The van der Waals surface area contributed by atoms with E-state index in [1.54, 1.807) is 13.3 Å². The summed E-state index contributed by atoms with van der Waals surface area (Å²) in [5, 5.41) is 2.23. The topological polar surface area (TPSA) is 73.4 Å². The quantitative estimate of drug-likeness (QED) is 0.504. The van der Waals surface area contributed by atoms with E-state index in [4.69, 9.17) is 4.74 Å². The molecule has 8 nitrogen and oxygen atoms in total. The second-order valence-corrected chi connectivity index (χ2v) is 9.44. The van der Waals surface area contributed by atoms with Crippen LogP contribution in [0.1, 0.15) is 12.8 Å². The summed E-state index contributed by atoms with van der Waals surface area (Å²) in [5.41, 5.74) is 4.90. The molecule has 0 aliphatic carbocycles. The van der Waals surface area contributed by atoms with Crippen LogP contribution in [0.3, 0.4) is 0 Å². The van der Waals surface area contributed by atoms with Crippen LogP contribution in [-0.2, 0) is 0 Å². The van der Waals surface area contributed by atoms with Gasteiger partial charge in [0.1, 0.15) is 5.65 Å². The number of hydrogen-bond donors (Lipinski definition) is 1. The highest BCUT2D eigenvalue weighted by Gasteiger charge is 2.29. The summed E-state index contributed by atoms with van der Waals surface area (Å²) in [7, 11) is 3.96. The average molecular weight is 458 g/mol. The second kappa shape index (κ2) is 8.85. The summed E-state index contributed by atoms with van der Waals surface area (Å²) in [6.45, 7) is 6.72. The number of ether oxygens (including phenoxy) is 1. The number of aromatic nitrogens is 4. The Labute approximate surface area is 199 Å². The lowest BCUT2D eigenvalue weighted by Crippen LogP contribution is -2.52. The molecule has 0 bridgehead atoms. The van der Waals surface area contributed by atoms with E-state index in [0.29, 0.717) is 6.04 Å². The molecule has 176 valence electrons. The molecule has 4 aromatic rings. The summed E-state index contributed by atoms with van der Waals surface area (Å²) in [5.74, 6) is 0.825. The number of nitrogens with zero attached hydrogens (tertiary/aromatic N) is 6. The highest BCUT2D eigenvalue weighted by Crippen LogP contribution is 2.41. The van der Waals surface area contributed by atoms with Gasteiger partial charge in [-0.15, -0.1) is 0 Å². The smallest absolute Gasteiger partial charge is 0.161 e. The molecule has 6 heterocycles. The minimum Gasteiger partial charge on any atom is -0.493 e.